The lowest BCUT2D eigenvalue weighted by atomic mass is 9.98. The lowest BCUT2D eigenvalue weighted by Crippen LogP contribution is -2.53. The topological polar surface area (TPSA) is 143 Å². The van der Waals surface area contributed by atoms with Crippen LogP contribution in [0.5, 0.6) is 0 Å². The predicted octanol–water partition coefficient (Wildman–Crippen LogP) is 4.81. The molecule has 0 spiro atoms. The first-order valence-electron chi connectivity index (χ1n) is 14.0. The Morgan fingerprint density at radius 2 is 1.46 bits per heavy atom. The minimum atomic E-state index is -1.18. The minimum absolute atomic E-state index is 0.0986. The molecule has 1 aliphatic rings. The number of rotatable bonds is 12. The first-order chi connectivity index (χ1) is 19.4. The number of hydrogen-bond acceptors (Lipinski definition) is 6. The fourth-order valence-electron chi connectivity index (χ4n) is 4.80. The lowest BCUT2D eigenvalue weighted by molar-refractivity contribution is -0.142. The Hall–Kier alpha value is -4.08. The molecule has 0 aliphatic heterocycles. The Morgan fingerprint density at radius 3 is 2.00 bits per heavy atom. The standard InChI is InChI=1S/C31H41N3O7/c1-19(2)26(27(35)33-25(28(36)37)16-10-11-17-32-29(38)41-31(3,4)5)34-30(39)40-18-24-22-14-8-6-12-20(22)21-13-7-9-15-23(21)24/h6-9,12-15,19,24-26H,10-11,16-18H2,1-5H3,(H,32,38)(H,33,35)(H,34,39)(H,36,37)/t25-,26-/m0/s1. The second-order valence-electron chi connectivity index (χ2n) is 11.5. The van der Waals surface area contributed by atoms with Crippen LogP contribution in [0.4, 0.5) is 9.59 Å². The largest absolute Gasteiger partial charge is 0.480 e. The summed E-state index contributed by atoms with van der Waals surface area (Å²) < 4.78 is 10.7. The fraction of sp³-hybridized carbons (Fsp3) is 0.484. The van der Waals surface area contributed by atoms with Crippen molar-refractivity contribution in [3.8, 4) is 11.1 Å². The number of carboxylic acids is 1. The van der Waals surface area contributed by atoms with E-state index in [4.69, 9.17) is 9.47 Å². The van der Waals surface area contributed by atoms with E-state index < -0.39 is 41.7 Å². The predicted molar refractivity (Wildman–Crippen MR) is 154 cm³/mol. The number of benzene rings is 2. The fourth-order valence-corrected chi connectivity index (χ4v) is 4.80. The average Bonchev–Trinajstić information content (AvgIpc) is 3.22. The van der Waals surface area contributed by atoms with Crippen LogP contribution in [0.3, 0.4) is 0 Å². The quantitative estimate of drug-likeness (QED) is 0.270. The van der Waals surface area contributed by atoms with E-state index in [1.165, 1.54) is 0 Å². The van der Waals surface area contributed by atoms with Gasteiger partial charge in [-0.1, -0.05) is 62.4 Å². The average molecular weight is 568 g/mol. The van der Waals surface area contributed by atoms with E-state index in [9.17, 15) is 24.3 Å². The van der Waals surface area contributed by atoms with Gasteiger partial charge in [0, 0.05) is 12.5 Å². The highest BCUT2D eigenvalue weighted by molar-refractivity contribution is 5.89. The molecule has 0 unspecified atom stereocenters. The van der Waals surface area contributed by atoms with Gasteiger partial charge in [0.05, 0.1) is 0 Å². The van der Waals surface area contributed by atoms with Crippen LogP contribution in [-0.4, -0.2) is 60.0 Å². The number of amides is 3. The van der Waals surface area contributed by atoms with Crippen LogP contribution in [0.2, 0.25) is 0 Å². The molecular weight excluding hydrogens is 526 g/mol. The maximum atomic E-state index is 13.0. The summed E-state index contributed by atoms with van der Waals surface area (Å²) in [6, 6.07) is 13.9. The molecule has 0 saturated heterocycles. The van der Waals surface area contributed by atoms with Gasteiger partial charge in [-0.05, 0) is 68.2 Å². The molecule has 4 N–H and O–H groups in total. The molecule has 222 valence electrons. The van der Waals surface area contributed by atoms with Crippen LogP contribution in [0.1, 0.15) is 70.9 Å². The van der Waals surface area contributed by atoms with Gasteiger partial charge < -0.3 is 30.5 Å². The van der Waals surface area contributed by atoms with Crippen LogP contribution >= 0.6 is 0 Å². The molecule has 0 fully saturated rings. The highest BCUT2D eigenvalue weighted by Gasteiger charge is 2.31. The van der Waals surface area contributed by atoms with Crippen molar-refractivity contribution in [2.24, 2.45) is 5.92 Å². The zero-order chi connectivity index (χ0) is 30.2. The van der Waals surface area contributed by atoms with Gasteiger partial charge in [0.15, 0.2) is 0 Å². The van der Waals surface area contributed by atoms with Crippen LogP contribution < -0.4 is 16.0 Å². The Morgan fingerprint density at radius 1 is 0.878 bits per heavy atom. The summed E-state index contributed by atoms with van der Waals surface area (Å²) in [5.41, 5.74) is 3.76. The van der Waals surface area contributed by atoms with Crippen molar-refractivity contribution in [3.05, 3.63) is 59.7 Å². The third-order valence-electron chi connectivity index (χ3n) is 6.77. The molecule has 41 heavy (non-hydrogen) atoms. The number of ether oxygens (including phenoxy) is 2. The number of alkyl carbamates (subject to hydrolysis) is 2. The van der Waals surface area contributed by atoms with E-state index in [-0.39, 0.29) is 24.9 Å². The van der Waals surface area contributed by atoms with Gasteiger partial charge in [-0.2, -0.15) is 0 Å². The van der Waals surface area contributed by atoms with Crippen LogP contribution in [0.15, 0.2) is 48.5 Å². The van der Waals surface area contributed by atoms with Gasteiger partial charge in [-0.3, -0.25) is 4.79 Å². The van der Waals surface area contributed by atoms with Crippen molar-refractivity contribution in [2.45, 2.75) is 77.5 Å². The number of aliphatic carboxylic acids is 1. The van der Waals surface area contributed by atoms with Crippen molar-refractivity contribution < 1.29 is 33.8 Å². The summed E-state index contributed by atoms with van der Waals surface area (Å²) in [7, 11) is 0. The van der Waals surface area contributed by atoms with E-state index in [2.05, 4.69) is 16.0 Å². The summed E-state index contributed by atoms with van der Waals surface area (Å²) in [6.07, 6.45) is -0.184. The Kier molecular flexibility index (Phi) is 10.7. The first kappa shape index (κ1) is 31.4. The van der Waals surface area contributed by atoms with Crippen LogP contribution in [0, 0.1) is 5.92 Å². The van der Waals surface area contributed by atoms with Crippen LogP contribution in [-0.2, 0) is 19.1 Å². The molecule has 0 saturated carbocycles. The maximum absolute atomic E-state index is 13.0. The van der Waals surface area contributed by atoms with Gasteiger partial charge in [0.25, 0.3) is 0 Å². The number of carbonyl (C=O) groups excluding carboxylic acids is 3. The maximum Gasteiger partial charge on any atom is 0.407 e. The van der Waals surface area contributed by atoms with Gasteiger partial charge in [-0.25, -0.2) is 14.4 Å². The molecule has 2 aromatic carbocycles. The van der Waals surface area contributed by atoms with E-state index in [1.807, 2.05) is 48.5 Å². The van der Waals surface area contributed by atoms with E-state index >= 15 is 0 Å². The molecular formula is C31H41N3O7. The Balaban J connectivity index is 1.50. The van der Waals surface area contributed by atoms with Gasteiger partial charge >= 0.3 is 18.2 Å². The second kappa shape index (κ2) is 14.0. The van der Waals surface area contributed by atoms with Gasteiger partial charge in [-0.15, -0.1) is 0 Å². The number of carbonyl (C=O) groups is 4. The summed E-state index contributed by atoms with van der Waals surface area (Å²) in [5, 5.41) is 17.4. The molecule has 0 heterocycles. The minimum Gasteiger partial charge on any atom is -0.480 e. The van der Waals surface area contributed by atoms with Crippen molar-refractivity contribution in [3.63, 3.8) is 0 Å². The molecule has 0 radical (unpaired) electrons. The summed E-state index contributed by atoms with van der Waals surface area (Å²) in [4.78, 5) is 49.3. The number of carboxylic acid groups (broad SMARTS) is 1. The molecule has 0 bridgehead atoms. The van der Waals surface area contributed by atoms with Gasteiger partial charge in [0.1, 0.15) is 24.3 Å². The van der Waals surface area contributed by atoms with E-state index in [0.29, 0.717) is 19.4 Å². The molecule has 3 amide bonds. The van der Waals surface area contributed by atoms with Crippen molar-refractivity contribution >= 4 is 24.1 Å². The highest BCUT2D eigenvalue weighted by Crippen LogP contribution is 2.44. The van der Waals surface area contributed by atoms with E-state index in [1.54, 1.807) is 34.6 Å². The highest BCUT2D eigenvalue weighted by atomic mass is 16.6. The SMILES string of the molecule is CC(C)[C@H](NC(=O)OCC1c2ccccc2-c2ccccc21)C(=O)N[C@@H](CCCCNC(=O)OC(C)(C)C)C(=O)O. The number of nitrogens with one attached hydrogen (secondary N) is 3. The summed E-state index contributed by atoms with van der Waals surface area (Å²) >= 11 is 0. The zero-order valence-electron chi connectivity index (χ0n) is 24.4. The number of unbranched alkanes of at least 4 members (excludes halogenated alkanes) is 1. The molecule has 2 aromatic rings. The van der Waals surface area contributed by atoms with E-state index in [0.717, 1.165) is 22.3 Å². The summed E-state index contributed by atoms with van der Waals surface area (Å²) in [5.74, 6) is -2.22. The number of hydrogen-bond donors (Lipinski definition) is 4. The smallest absolute Gasteiger partial charge is 0.407 e. The Bertz CT molecular complexity index is 1190. The first-order valence-corrected chi connectivity index (χ1v) is 14.0. The lowest BCUT2D eigenvalue weighted by Gasteiger charge is -2.24. The Labute approximate surface area is 241 Å². The van der Waals surface area contributed by atoms with Gasteiger partial charge in [0.2, 0.25) is 5.91 Å². The molecule has 1 aliphatic carbocycles. The molecule has 10 heteroatoms. The van der Waals surface area contributed by atoms with Crippen LogP contribution in [0.25, 0.3) is 11.1 Å². The normalized spacial score (nSPS) is 13.9. The van der Waals surface area contributed by atoms with Crippen molar-refractivity contribution in [1.82, 2.24) is 16.0 Å². The third-order valence-corrected chi connectivity index (χ3v) is 6.77. The molecule has 0 aromatic heterocycles. The third kappa shape index (κ3) is 8.96. The number of fused-ring (bicyclic) bond motifs is 3. The molecule has 10 nitrogen and oxygen atoms in total. The zero-order valence-corrected chi connectivity index (χ0v) is 24.4. The van der Waals surface area contributed by atoms with Crippen molar-refractivity contribution in [2.75, 3.05) is 13.2 Å². The monoisotopic (exact) mass is 567 g/mol. The molecule has 3 rings (SSSR count). The summed E-state index contributed by atoms with van der Waals surface area (Å²) in [6.45, 7) is 9.21. The molecule has 2 atom stereocenters. The van der Waals surface area contributed by atoms with Crippen molar-refractivity contribution in [1.29, 1.82) is 0 Å². The second-order valence-corrected chi connectivity index (χ2v) is 11.5.